The van der Waals surface area contributed by atoms with Crippen molar-refractivity contribution >= 4 is 5.91 Å². The molecule has 1 aliphatic heterocycles. The fraction of sp³-hybridized carbons (Fsp3) is 0.583. The van der Waals surface area contributed by atoms with E-state index < -0.39 is 0 Å². The Bertz CT molecular complexity index is 289. The van der Waals surface area contributed by atoms with Crippen molar-refractivity contribution in [1.82, 2.24) is 4.90 Å². The van der Waals surface area contributed by atoms with E-state index in [1.54, 1.807) is 4.90 Å². The predicted molar refractivity (Wildman–Crippen MR) is 58.9 cm³/mol. The first-order valence-corrected chi connectivity index (χ1v) is 5.35. The van der Waals surface area contributed by atoms with Crippen LogP contribution in [0.15, 0.2) is 23.3 Å². The van der Waals surface area contributed by atoms with Gasteiger partial charge >= 0.3 is 0 Å². The average Bonchev–Trinajstić information content (AvgIpc) is 2.47. The van der Waals surface area contributed by atoms with Gasteiger partial charge in [0.1, 0.15) is 0 Å². The van der Waals surface area contributed by atoms with E-state index in [9.17, 15) is 4.79 Å². The summed E-state index contributed by atoms with van der Waals surface area (Å²) in [5.74, 6) is 0.643. The van der Waals surface area contributed by atoms with E-state index >= 15 is 0 Å². The molecule has 0 saturated heterocycles. The maximum Gasteiger partial charge on any atom is 0.250 e. The van der Waals surface area contributed by atoms with Gasteiger partial charge in [0.05, 0.1) is 0 Å². The Balaban J connectivity index is 0.000000461. The number of hydrogen-bond acceptors (Lipinski definition) is 1. The van der Waals surface area contributed by atoms with Gasteiger partial charge in [-0.2, -0.15) is 0 Å². The van der Waals surface area contributed by atoms with Gasteiger partial charge in [0.25, 0.3) is 0 Å². The molecule has 0 bridgehead atoms. The Kier molecular flexibility index (Phi) is 3.50. The van der Waals surface area contributed by atoms with Crippen molar-refractivity contribution in [3.63, 3.8) is 0 Å². The third-order valence-corrected chi connectivity index (χ3v) is 2.63. The fourth-order valence-corrected chi connectivity index (χ4v) is 1.96. The van der Waals surface area contributed by atoms with Gasteiger partial charge in [-0.25, -0.2) is 0 Å². The Morgan fingerprint density at radius 1 is 1.43 bits per heavy atom. The van der Waals surface area contributed by atoms with Crippen molar-refractivity contribution in [2.24, 2.45) is 5.92 Å². The first kappa shape index (κ1) is 11.0. The normalized spacial score (nSPS) is 24.7. The largest absolute Gasteiger partial charge is 0.338 e. The molecule has 2 heteroatoms. The lowest BCUT2D eigenvalue weighted by Crippen LogP contribution is -2.23. The second-order valence-electron chi connectivity index (χ2n) is 3.64. The van der Waals surface area contributed by atoms with E-state index in [2.05, 4.69) is 19.1 Å². The van der Waals surface area contributed by atoms with E-state index in [1.165, 1.54) is 5.57 Å². The minimum Gasteiger partial charge on any atom is -0.338 e. The van der Waals surface area contributed by atoms with Crippen LogP contribution in [0.2, 0.25) is 0 Å². The highest BCUT2D eigenvalue weighted by Gasteiger charge is 2.30. The SMILES string of the molecule is CC.CC1CC=CC2=C1C(=O)N(C)C2. The van der Waals surface area contributed by atoms with Gasteiger partial charge in [0.2, 0.25) is 5.91 Å². The third kappa shape index (κ3) is 1.74. The maximum absolute atomic E-state index is 11.6. The standard InChI is InChI=1S/C10H13NO.C2H6/c1-7-4-3-5-8-6-11(2)10(12)9(7)8;1-2/h3,5,7H,4,6H2,1-2H3;1-2H3. The summed E-state index contributed by atoms with van der Waals surface area (Å²) in [6.07, 6.45) is 5.27. The van der Waals surface area contributed by atoms with Crippen LogP contribution in [0, 0.1) is 5.92 Å². The Morgan fingerprint density at radius 3 is 2.64 bits per heavy atom. The molecular formula is C12H19NO. The van der Waals surface area contributed by atoms with Crippen molar-refractivity contribution in [3.05, 3.63) is 23.3 Å². The minimum atomic E-state index is 0.224. The number of likely N-dealkylation sites (N-methyl/N-ethyl adjacent to an activating group) is 1. The zero-order chi connectivity index (χ0) is 10.7. The van der Waals surface area contributed by atoms with Gasteiger partial charge in [-0.05, 0) is 17.9 Å². The van der Waals surface area contributed by atoms with Crippen LogP contribution in [0.1, 0.15) is 27.2 Å². The second kappa shape index (κ2) is 4.45. The molecule has 2 nitrogen and oxygen atoms in total. The van der Waals surface area contributed by atoms with Gasteiger partial charge in [0, 0.05) is 19.2 Å². The van der Waals surface area contributed by atoms with Gasteiger partial charge < -0.3 is 4.90 Å². The first-order chi connectivity index (χ1) is 6.70. The van der Waals surface area contributed by atoms with E-state index in [-0.39, 0.29) is 5.91 Å². The molecule has 1 amide bonds. The molecular weight excluding hydrogens is 174 g/mol. The van der Waals surface area contributed by atoms with E-state index in [0.29, 0.717) is 5.92 Å². The van der Waals surface area contributed by atoms with Gasteiger partial charge in [0.15, 0.2) is 0 Å². The molecule has 78 valence electrons. The van der Waals surface area contributed by atoms with E-state index in [4.69, 9.17) is 0 Å². The van der Waals surface area contributed by atoms with Crippen molar-refractivity contribution in [3.8, 4) is 0 Å². The first-order valence-electron chi connectivity index (χ1n) is 5.35. The molecule has 0 aromatic rings. The van der Waals surface area contributed by atoms with Crippen molar-refractivity contribution in [1.29, 1.82) is 0 Å². The number of allylic oxidation sites excluding steroid dienone is 1. The molecule has 2 rings (SSSR count). The molecule has 2 aliphatic rings. The van der Waals surface area contributed by atoms with Crippen LogP contribution in [-0.2, 0) is 4.79 Å². The predicted octanol–water partition coefficient (Wildman–Crippen LogP) is 2.38. The summed E-state index contributed by atoms with van der Waals surface area (Å²) in [7, 11) is 1.86. The molecule has 0 fully saturated rings. The summed E-state index contributed by atoms with van der Waals surface area (Å²) in [6, 6.07) is 0. The minimum absolute atomic E-state index is 0.224. The molecule has 1 atom stereocenters. The number of carbonyl (C=O) groups excluding carboxylic acids is 1. The van der Waals surface area contributed by atoms with Crippen molar-refractivity contribution in [2.45, 2.75) is 27.2 Å². The summed E-state index contributed by atoms with van der Waals surface area (Å²) < 4.78 is 0. The smallest absolute Gasteiger partial charge is 0.250 e. The van der Waals surface area contributed by atoms with Crippen LogP contribution in [0.4, 0.5) is 0 Å². The molecule has 1 heterocycles. The molecule has 14 heavy (non-hydrogen) atoms. The van der Waals surface area contributed by atoms with Crippen LogP contribution in [-0.4, -0.2) is 24.4 Å². The van der Waals surface area contributed by atoms with Gasteiger partial charge in [-0.3, -0.25) is 4.79 Å². The Morgan fingerprint density at radius 2 is 2.07 bits per heavy atom. The number of nitrogens with zero attached hydrogens (tertiary/aromatic N) is 1. The summed E-state index contributed by atoms with van der Waals surface area (Å²) >= 11 is 0. The average molecular weight is 193 g/mol. The molecule has 0 aromatic heterocycles. The number of carbonyl (C=O) groups is 1. The third-order valence-electron chi connectivity index (χ3n) is 2.63. The van der Waals surface area contributed by atoms with Crippen LogP contribution in [0.5, 0.6) is 0 Å². The fourth-order valence-electron chi connectivity index (χ4n) is 1.96. The van der Waals surface area contributed by atoms with Crippen molar-refractivity contribution in [2.75, 3.05) is 13.6 Å². The maximum atomic E-state index is 11.6. The van der Waals surface area contributed by atoms with Crippen LogP contribution in [0.25, 0.3) is 0 Å². The molecule has 0 saturated carbocycles. The summed E-state index contributed by atoms with van der Waals surface area (Å²) in [5.41, 5.74) is 2.27. The highest BCUT2D eigenvalue weighted by atomic mass is 16.2. The molecule has 1 unspecified atom stereocenters. The summed E-state index contributed by atoms with van der Waals surface area (Å²) in [4.78, 5) is 13.4. The summed E-state index contributed by atoms with van der Waals surface area (Å²) in [6.45, 7) is 6.92. The van der Waals surface area contributed by atoms with Crippen LogP contribution >= 0.6 is 0 Å². The van der Waals surface area contributed by atoms with Gasteiger partial charge in [-0.1, -0.05) is 32.9 Å². The Labute approximate surface area is 86.3 Å². The Hall–Kier alpha value is -1.05. The number of hydrogen-bond donors (Lipinski definition) is 0. The molecule has 1 aliphatic carbocycles. The van der Waals surface area contributed by atoms with E-state index in [1.807, 2.05) is 20.9 Å². The number of amides is 1. The van der Waals surface area contributed by atoms with E-state index in [0.717, 1.165) is 18.5 Å². The molecule has 0 radical (unpaired) electrons. The zero-order valence-corrected chi connectivity index (χ0v) is 9.50. The second-order valence-corrected chi connectivity index (χ2v) is 3.64. The lowest BCUT2D eigenvalue weighted by Gasteiger charge is -2.14. The monoisotopic (exact) mass is 193 g/mol. The molecule has 0 N–H and O–H groups in total. The topological polar surface area (TPSA) is 20.3 Å². The van der Waals surface area contributed by atoms with Crippen LogP contribution in [0.3, 0.4) is 0 Å². The van der Waals surface area contributed by atoms with Gasteiger partial charge in [-0.15, -0.1) is 0 Å². The lowest BCUT2D eigenvalue weighted by atomic mass is 9.90. The molecule has 0 spiro atoms. The number of rotatable bonds is 0. The van der Waals surface area contributed by atoms with Crippen molar-refractivity contribution < 1.29 is 4.79 Å². The zero-order valence-electron chi connectivity index (χ0n) is 9.50. The lowest BCUT2D eigenvalue weighted by molar-refractivity contribution is -0.124. The summed E-state index contributed by atoms with van der Waals surface area (Å²) in [5, 5.41) is 0. The highest BCUT2D eigenvalue weighted by molar-refractivity contribution is 5.98. The molecule has 0 aromatic carbocycles. The van der Waals surface area contributed by atoms with Crippen LogP contribution < -0.4 is 0 Å². The quantitative estimate of drug-likeness (QED) is 0.578. The highest BCUT2D eigenvalue weighted by Crippen LogP contribution is 2.31.